The second kappa shape index (κ2) is 6.69. The van der Waals surface area contributed by atoms with Crippen molar-refractivity contribution < 1.29 is 9.59 Å². The molecule has 0 radical (unpaired) electrons. The van der Waals surface area contributed by atoms with Crippen molar-refractivity contribution in [1.29, 1.82) is 0 Å². The number of para-hydroxylation sites is 1. The minimum Gasteiger partial charge on any atom is -0.340 e. The molecule has 3 N–H and O–H groups in total. The normalized spacial score (nSPS) is 19.2. The van der Waals surface area contributed by atoms with Gasteiger partial charge in [0, 0.05) is 17.7 Å². The molecule has 0 fully saturated rings. The highest BCUT2D eigenvalue weighted by Crippen LogP contribution is 2.22. The average molecular weight is 335 g/mol. The summed E-state index contributed by atoms with van der Waals surface area (Å²) in [6, 6.07) is 13.0. The first kappa shape index (κ1) is 15.8. The summed E-state index contributed by atoms with van der Waals surface area (Å²) in [7, 11) is 0. The molecule has 2 amide bonds. The van der Waals surface area contributed by atoms with Gasteiger partial charge in [-0.3, -0.25) is 9.59 Å². The molecule has 25 heavy (non-hydrogen) atoms. The molecule has 0 aliphatic carbocycles. The fraction of sp³-hybridized carbons (Fsp3) is 0.300. The van der Waals surface area contributed by atoms with Crippen LogP contribution in [0.4, 0.5) is 5.69 Å². The lowest BCUT2D eigenvalue weighted by Gasteiger charge is -2.25. The van der Waals surface area contributed by atoms with Gasteiger partial charge in [-0.25, -0.2) is 0 Å². The molecule has 0 bridgehead atoms. The molecule has 4 rings (SSSR count). The molecular formula is C20H21N3O2. The fourth-order valence-electron chi connectivity index (χ4n) is 3.53. The lowest BCUT2D eigenvalue weighted by Crippen LogP contribution is -2.47. The van der Waals surface area contributed by atoms with Crippen LogP contribution in [0.1, 0.15) is 27.0 Å². The van der Waals surface area contributed by atoms with E-state index in [0.29, 0.717) is 12.0 Å². The van der Waals surface area contributed by atoms with Crippen molar-refractivity contribution in [3.8, 4) is 0 Å². The Hall–Kier alpha value is -2.66. The maximum Gasteiger partial charge on any atom is 0.251 e. The zero-order valence-corrected chi connectivity index (χ0v) is 14.0. The van der Waals surface area contributed by atoms with Gasteiger partial charge in [-0.15, -0.1) is 0 Å². The topological polar surface area (TPSA) is 70.2 Å². The molecule has 2 heterocycles. The van der Waals surface area contributed by atoms with Crippen molar-refractivity contribution in [3.05, 3.63) is 64.7 Å². The standard InChI is InChI=1S/C20H21N3O2/c24-19(16-6-5-13-7-9-21-10-8-14(13)11-16)23-18-12-15-3-1-2-4-17(15)22-20(18)25/h1-6,11,18,21H,7-10,12H2,(H,22,25)(H,23,24). The third-order valence-corrected chi connectivity index (χ3v) is 4.93. The summed E-state index contributed by atoms with van der Waals surface area (Å²) >= 11 is 0. The summed E-state index contributed by atoms with van der Waals surface area (Å²) in [6.07, 6.45) is 2.43. The Kier molecular flexibility index (Phi) is 4.24. The number of fused-ring (bicyclic) bond motifs is 2. The molecule has 2 aromatic rings. The van der Waals surface area contributed by atoms with Crippen LogP contribution in [0, 0.1) is 0 Å². The Bertz CT molecular complexity index is 831. The summed E-state index contributed by atoms with van der Waals surface area (Å²) < 4.78 is 0. The van der Waals surface area contributed by atoms with Crippen molar-refractivity contribution in [3.63, 3.8) is 0 Å². The van der Waals surface area contributed by atoms with Crippen molar-refractivity contribution >= 4 is 17.5 Å². The number of hydrogen-bond acceptors (Lipinski definition) is 3. The lowest BCUT2D eigenvalue weighted by molar-refractivity contribution is -0.118. The first-order valence-electron chi connectivity index (χ1n) is 8.73. The molecule has 2 aliphatic rings. The molecule has 5 nitrogen and oxygen atoms in total. The summed E-state index contributed by atoms with van der Waals surface area (Å²) in [5.41, 5.74) is 5.00. The second-order valence-electron chi connectivity index (χ2n) is 6.61. The fourth-order valence-corrected chi connectivity index (χ4v) is 3.53. The highest BCUT2D eigenvalue weighted by molar-refractivity contribution is 6.03. The summed E-state index contributed by atoms with van der Waals surface area (Å²) in [4.78, 5) is 24.9. The molecule has 5 heteroatoms. The van der Waals surface area contributed by atoms with Gasteiger partial charge in [-0.2, -0.15) is 0 Å². The molecular weight excluding hydrogens is 314 g/mol. The maximum absolute atomic E-state index is 12.6. The van der Waals surface area contributed by atoms with E-state index in [-0.39, 0.29) is 11.8 Å². The third-order valence-electron chi connectivity index (χ3n) is 4.93. The van der Waals surface area contributed by atoms with E-state index < -0.39 is 6.04 Å². The highest BCUT2D eigenvalue weighted by atomic mass is 16.2. The quantitative estimate of drug-likeness (QED) is 0.782. The van der Waals surface area contributed by atoms with Gasteiger partial charge >= 0.3 is 0 Å². The van der Waals surface area contributed by atoms with E-state index in [1.165, 1.54) is 11.1 Å². The Labute approximate surface area is 146 Å². The Balaban J connectivity index is 1.51. The minimum absolute atomic E-state index is 0.161. The van der Waals surface area contributed by atoms with Crippen LogP contribution in [0.3, 0.4) is 0 Å². The van der Waals surface area contributed by atoms with E-state index in [1.807, 2.05) is 42.5 Å². The first-order chi connectivity index (χ1) is 12.2. The SMILES string of the molecule is O=C(NC1Cc2ccccc2NC1=O)c1ccc2c(c1)CCNCC2. The molecule has 2 aromatic carbocycles. The van der Waals surface area contributed by atoms with Crippen LogP contribution in [0.15, 0.2) is 42.5 Å². The monoisotopic (exact) mass is 335 g/mol. The van der Waals surface area contributed by atoms with Crippen LogP contribution in [0.25, 0.3) is 0 Å². The van der Waals surface area contributed by atoms with Crippen molar-refractivity contribution in [2.75, 3.05) is 18.4 Å². The van der Waals surface area contributed by atoms with Crippen LogP contribution in [0.5, 0.6) is 0 Å². The van der Waals surface area contributed by atoms with Crippen LogP contribution in [0.2, 0.25) is 0 Å². The second-order valence-corrected chi connectivity index (χ2v) is 6.61. The molecule has 2 aliphatic heterocycles. The molecule has 0 spiro atoms. The summed E-state index contributed by atoms with van der Waals surface area (Å²) in [5, 5.41) is 9.11. The van der Waals surface area contributed by atoms with E-state index in [0.717, 1.165) is 37.2 Å². The van der Waals surface area contributed by atoms with Gasteiger partial charge in [0.15, 0.2) is 0 Å². The third kappa shape index (κ3) is 3.28. The number of hydrogen-bond donors (Lipinski definition) is 3. The zero-order chi connectivity index (χ0) is 17.2. The predicted octanol–water partition coefficient (Wildman–Crippen LogP) is 1.67. The highest BCUT2D eigenvalue weighted by Gasteiger charge is 2.27. The van der Waals surface area contributed by atoms with Gasteiger partial charge in [0.05, 0.1) is 0 Å². The van der Waals surface area contributed by atoms with E-state index in [1.54, 1.807) is 0 Å². The van der Waals surface area contributed by atoms with Crippen molar-refractivity contribution in [2.45, 2.75) is 25.3 Å². The van der Waals surface area contributed by atoms with Gasteiger partial charge in [0.1, 0.15) is 6.04 Å². The lowest BCUT2D eigenvalue weighted by atomic mass is 9.97. The average Bonchev–Trinajstić information content (AvgIpc) is 2.87. The summed E-state index contributed by atoms with van der Waals surface area (Å²) in [5.74, 6) is -0.356. The number of rotatable bonds is 2. The Morgan fingerprint density at radius 1 is 1.00 bits per heavy atom. The van der Waals surface area contributed by atoms with Gasteiger partial charge in [-0.1, -0.05) is 24.3 Å². The van der Waals surface area contributed by atoms with Gasteiger partial charge < -0.3 is 16.0 Å². The van der Waals surface area contributed by atoms with E-state index in [9.17, 15) is 9.59 Å². The van der Waals surface area contributed by atoms with E-state index >= 15 is 0 Å². The number of anilines is 1. The van der Waals surface area contributed by atoms with E-state index in [4.69, 9.17) is 0 Å². The van der Waals surface area contributed by atoms with Crippen molar-refractivity contribution in [2.24, 2.45) is 0 Å². The summed E-state index contributed by atoms with van der Waals surface area (Å²) in [6.45, 7) is 1.90. The molecule has 0 aromatic heterocycles. The van der Waals surface area contributed by atoms with Gasteiger partial charge in [0.25, 0.3) is 5.91 Å². The van der Waals surface area contributed by atoms with E-state index in [2.05, 4.69) is 16.0 Å². The predicted molar refractivity (Wildman–Crippen MR) is 96.7 cm³/mol. The number of nitrogens with one attached hydrogen (secondary N) is 3. The number of benzene rings is 2. The molecule has 1 atom stereocenters. The number of carbonyl (C=O) groups excluding carboxylic acids is 2. The van der Waals surface area contributed by atoms with Crippen LogP contribution in [-0.2, 0) is 24.1 Å². The Morgan fingerprint density at radius 2 is 1.80 bits per heavy atom. The van der Waals surface area contributed by atoms with Crippen LogP contribution in [-0.4, -0.2) is 30.9 Å². The smallest absolute Gasteiger partial charge is 0.251 e. The maximum atomic E-state index is 12.6. The number of carbonyl (C=O) groups is 2. The first-order valence-corrected chi connectivity index (χ1v) is 8.73. The molecule has 128 valence electrons. The van der Waals surface area contributed by atoms with Crippen LogP contribution < -0.4 is 16.0 Å². The van der Waals surface area contributed by atoms with Crippen LogP contribution >= 0.6 is 0 Å². The Morgan fingerprint density at radius 3 is 2.68 bits per heavy atom. The largest absolute Gasteiger partial charge is 0.340 e. The molecule has 0 saturated heterocycles. The molecule has 0 saturated carbocycles. The zero-order valence-electron chi connectivity index (χ0n) is 14.0. The van der Waals surface area contributed by atoms with Crippen molar-refractivity contribution in [1.82, 2.24) is 10.6 Å². The molecule has 1 unspecified atom stereocenters. The minimum atomic E-state index is -0.539. The van der Waals surface area contributed by atoms with Gasteiger partial charge in [-0.05, 0) is 60.8 Å². The van der Waals surface area contributed by atoms with Gasteiger partial charge in [0.2, 0.25) is 5.91 Å². The number of amides is 2.